The number of hydrogen-bond acceptors (Lipinski definition) is 6. The number of nitro benzene ring substituents is 1. The van der Waals surface area contributed by atoms with Crippen LogP contribution in [0.4, 0.5) is 21.5 Å². The number of hydrogen-bond donors (Lipinski definition) is 1. The number of fused-ring (bicyclic) bond motifs is 7. The maximum Gasteiger partial charge on any atom is 0.269 e. The summed E-state index contributed by atoms with van der Waals surface area (Å²) in [5, 5.41) is 13.8. The molecule has 0 radical (unpaired) electrons. The second-order valence-corrected chi connectivity index (χ2v) is 8.60. The van der Waals surface area contributed by atoms with Crippen LogP contribution in [-0.2, 0) is 19.9 Å². The minimum Gasteiger partial charge on any atom is -0.324 e. The lowest BCUT2D eigenvalue weighted by atomic mass is 9.75. The number of nitrogens with zero attached hydrogens (tertiary/aromatic N) is 3. The monoisotopic (exact) mass is 436 g/mol. The molecular formula is C22H17FN4O5. The summed E-state index contributed by atoms with van der Waals surface area (Å²) >= 11 is 0. The molecule has 3 saturated heterocycles. The zero-order valence-corrected chi connectivity index (χ0v) is 16.7. The van der Waals surface area contributed by atoms with E-state index in [0.717, 1.165) is 11.3 Å². The van der Waals surface area contributed by atoms with Crippen molar-refractivity contribution in [2.24, 2.45) is 11.8 Å². The van der Waals surface area contributed by atoms with Crippen LogP contribution < -0.4 is 10.2 Å². The van der Waals surface area contributed by atoms with Crippen molar-refractivity contribution in [2.75, 3.05) is 16.8 Å². The molecule has 4 heterocycles. The lowest BCUT2D eigenvalue weighted by molar-refractivity contribution is -0.384. The number of carbonyl (C=O) groups is 3. The summed E-state index contributed by atoms with van der Waals surface area (Å²) in [5.74, 6) is -3.68. The van der Waals surface area contributed by atoms with Gasteiger partial charge in [-0.25, -0.2) is 9.29 Å². The number of imide groups is 1. The molecular weight excluding hydrogens is 419 g/mol. The van der Waals surface area contributed by atoms with Gasteiger partial charge >= 0.3 is 0 Å². The van der Waals surface area contributed by atoms with Gasteiger partial charge in [-0.15, -0.1) is 0 Å². The zero-order valence-electron chi connectivity index (χ0n) is 16.7. The van der Waals surface area contributed by atoms with Gasteiger partial charge in [-0.05, 0) is 49.7 Å². The van der Waals surface area contributed by atoms with Crippen molar-refractivity contribution in [2.45, 2.75) is 24.4 Å². The predicted octanol–water partition coefficient (Wildman–Crippen LogP) is 2.17. The molecule has 4 aliphatic rings. The van der Waals surface area contributed by atoms with Gasteiger partial charge in [0.15, 0.2) is 0 Å². The first-order valence-corrected chi connectivity index (χ1v) is 10.4. The highest BCUT2D eigenvalue weighted by Crippen LogP contribution is 2.60. The number of non-ortho nitro benzene ring substituents is 1. The molecule has 1 spiro atoms. The number of nitrogens with one attached hydrogen (secondary N) is 1. The fourth-order valence-corrected chi connectivity index (χ4v) is 6.15. The number of nitro groups is 1. The average Bonchev–Trinajstić information content (AvgIpc) is 3.47. The Labute approximate surface area is 180 Å². The van der Waals surface area contributed by atoms with E-state index in [1.165, 1.54) is 42.5 Å². The van der Waals surface area contributed by atoms with Crippen LogP contribution in [0.1, 0.15) is 18.4 Å². The van der Waals surface area contributed by atoms with Gasteiger partial charge in [0.2, 0.25) is 17.7 Å². The largest absolute Gasteiger partial charge is 0.324 e. The van der Waals surface area contributed by atoms with Crippen LogP contribution in [0.5, 0.6) is 0 Å². The number of benzene rings is 2. The predicted molar refractivity (Wildman–Crippen MR) is 109 cm³/mol. The number of halogens is 1. The van der Waals surface area contributed by atoms with Crippen LogP contribution in [0.2, 0.25) is 0 Å². The van der Waals surface area contributed by atoms with E-state index in [4.69, 9.17) is 0 Å². The highest BCUT2D eigenvalue weighted by Gasteiger charge is 2.74. The average molecular weight is 436 g/mol. The fourth-order valence-electron chi connectivity index (χ4n) is 6.15. The zero-order chi connectivity index (χ0) is 22.4. The Hall–Kier alpha value is -3.66. The Balaban J connectivity index is 1.51. The Morgan fingerprint density at radius 1 is 1.09 bits per heavy atom. The van der Waals surface area contributed by atoms with Crippen molar-refractivity contribution in [3.05, 3.63) is 64.0 Å². The Bertz CT molecular complexity index is 1230. The van der Waals surface area contributed by atoms with E-state index < -0.39 is 45.8 Å². The van der Waals surface area contributed by atoms with Crippen LogP contribution in [0.25, 0.3) is 0 Å². The van der Waals surface area contributed by atoms with Gasteiger partial charge in [0.05, 0.1) is 22.4 Å². The minimum absolute atomic E-state index is 0.161. The smallest absolute Gasteiger partial charge is 0.269 e. The van der Waals surface area contributed by atoms with Crippen molar-refractivity contribution >= 4 is 34.8 Å². The van der Waals surface area contributed by atoms with E-state index in [9.17, 15) is 28.9 Å². The third-order valence-corrected chi connectivity index (χ3v) is 7.27. The van der Waals surface area contributed by atoms with E-state index in [-0.39, 0.29) is 17.4 Å². The van der Waals surface area contributed by atoms with Crippen LogP contribution in [0, 0.1) is 27.8 Å². The maximum absolute atomic E-state index is 14.3. The third-order valence-electron chi connectivity index (χ3n) is 7.27. The van der Waals surface area contributed by atoms with Gasteiger partial charge in [-0.3, -0.25) is 29.4 Å². The number of anilines is 2. The first-order chi connectivity index (χ1) is 15.4. The molecule has 32 heavy (non-hydrogen) atoms. The molecule has 0 aromatic heterocycles. The number of carbonyl (C=O) groups excluding carboxylic acids is 3. The Kier molecular flexibility index (Phi) is 3.69. The van der Waals surface area contributed by atoms with Gasteiger partial charge < -0.3 is 5.32 Å². The summed E-state index contributed by atoms with van der Waals surface area (Å²) in [7, 11) is 0. The molecule has 10 heteroatoms. The molecule has 3 amide bonds. The SMILES string of the molecule is O=C1C2C3CCCN3C3(C(=O)Nc4ccc(F)cc43)C2C(=O)N1c1ccc([N+](=O)[O-])cc1. The molecule has 162 valence electrons. The van der Waals surface area contributed by atoms with E-state index in [0.29, 0.717) is 24.2 Å². The van der Waals surface area contributed by atoms with Crippen molar-refractivity contribution in [1.29, 1.82) is 0 Å². The first-order valence-electron chi connectivity index (χ1n) is 10.4. The quantitative estimate of drug-likeness (QED) is 0.439. The Morgan fingerprint density at radius 3 is 2.56 bits per heavy atom. The molecule has 0 aliphatic carbocycles. The summed E-state index contributed by atoms with van der Waals surface area (Å²) in [6.07, 6.45) is 1.40. The summed E-state index contributed by atoms with van der Waals surface area (Å²) in [6, 6.07) is 8.86. The lowest BCUT2D eigenvalue weighted by Crippen LogP contribution is -2.54. The van der Waals surface area contributed by atoms with Crippen molar-refractivity contribution in [1.82, 2.24) is 4.90 Å². The van der Waals surface area contributed by atoms with Crippen LogP contribution >= 0.6 is 0 Å². The standard InChI is InChI=1S/C22H17FN4O5/c23-11-3-8-15-14(10-11)22(21(30)24-15)18-17(16-2-1-9-25(16)22)19(28)26(20(18)29)12-4-6-13(7-5-12)27(31)32/h3-8,10,16-18H,1-2,9H2,(H,24,30). The summed E-state index contributed by atoms with van der Waals surface area (Å²) in [5.41, 5.74) is -0.570. The van der Waals surface area contributed by atoms with Gasteiger partial charge in [0.25, 0.3) is 5.69 Å². The van der Waals surface area contributed by atoms with Crippen LogP contribution in [0.15, 0.2) is 42.5 Å². The maximum atomic E-state index is 14.3. The summed E-state index contributed by atoms with van der Waals surface area (Å²) in [4.78, 5) is 54.0. The van der Waals surface area contributed by atoms with E-state index in [1.807, 2.05) is 4.90 Å². The minimum atomic E-state index is -1.45. The molecule has 3 fully saturated rings. The molecule has 6 rings (SSSR count). The lowest BCUT2D eigenvalue weighted by Gasteiger charge is -2.36. The summed E-state index contributed by atoms with van der Waals surface area (Å²) < 4.78 is 14.3. The van der Waals surface area contributed by atoms with Gasteiger partial charge in [0.1, 0.15) is 11.4 Å². The van der Waals surface area contributed by atoms with E-state index in [2.05, 4.69) is 5.32 Å². The van der Waals surface area contributed by atoms with E-state index in [1.54, 1.807) is 0 Å². The van der Waals surface area contributed by atoms with Crippen molar-refractivity contribution in [3.8, 4) is 0 Å². The second-order valence-electron chi connectivity index (χ2n) is 8.60. The molecule has 0 saturated carbocycles. The van der Waals surface area contributed by atoms with Crippen LogP contribution in [-0.4, -0.2) is 40.1 Å². The third kappa shape index (κ3) is 2.12. The highest BCUT2D eigenvalue weighted by molar-refractivity contribution is 6.25. The molecule has 2 aromatic carbocycles. The number of amides is 3. The van der Waals surface area contributed by atoms with Gasteiger partial charge in [-0.1, -0.05) is 0 Å². The highest BCUT2D eigenvalue weighted by atomic mass is 19.1. The van der Waals surface area contributed by atoms with Crippen molar-refractivity contribution in [3.63, 3.8) is 0 Å². The first kappa shape index (κ1) is 19.1. The number of rotatable bonds is 2. The van der Waals surface area contributed by atoms with Crippen molar-refractivity contribution < 1.29 is 23.7 Å². The molecule has 4 atom stereocenters. The topological polar surface area (TPSA) is 113 Å². The molecule has 2 aromatic rings. The van der Waals surface area contributed by atoms with E-state index >= 15 is 0 Å². The summed E-state index contributed by atoms with van der Waals surface area (Å²) in [6.45, 7) is 0.527. The second kappa shape index (κ2) is 6.19. The molecule has 4 aliphatic heterocycles. The fraction of sp³-hybridized carbons (Fsp3) is 0.318. The molecule has 4 unspecified atom stereocenters. The van der Waals surface area contributed by atoms with Gasteiger partial charge in [0, 0.05) is 29.4 Å². The normalized spacial score (nSPS) is 30.6. The molecule has 1 N–H and O–H groups in total. The van der Waals surface area contributed by atoms with Crippen LogP contribution in [0.3, 0.4) is 0 Å². The molecule has 0 bridgehead atoms. The molecule has 9 nitrogen and oxygen atoms in total. The Morgan fingerprint density at radius 2 is 1.84 bits per heavy atom. The van der Waals surface area contributed by atoms with Gasteiger partial charge in [-0.2, -0.15) is 0 Å².